The molecular formula is C29H36N2O5. The number of hydrogen-bond acceptors (Lipinski definition) is 6. The third-order valence-corrected chi connectivity index (χ3v) is 6.04. The van der Waals surface area contributed by atoms with E-state index in [-0.39, 0.29) is 5.57 Å². The van der Waals surface area contributed by atoms with E-state index in [2.05, 4.69) is 13.8 Å². The quantitative estimate of drug-likeness (QED) is 0.434. The van der Waals surface area contributed by atoms with Gasteiger partial charge in [-0.3, -0.25) is 9.59 Å². The van der Waals surface area contributed by atoms with Gasteiger partial charge < -0.3 is 24.4 Å². The van der Waals surface area contributed by atoms with Crippen LogP contribution in [0.2, 0.25) is 0 Å². The summed E-state index contributed by atoms with van der Waals surface area (Å²) in [5.41, 5.74) is 1.57. The molecule has 192 valence electrons. The van der Waals surface area contributed by atoms with Crippen molar-refractivity contribution >= 4 is 17.8 Å². The van der Waals surface area contributed by atoms with Crippen LogP contribution in [0.5, 0.6) is 11.5 Å². The highest BCUT2D eigenvalue weighted by Crippen LogP contribution is 2.41. The summed E-state index contributed by atoms with van der Waals surface area (Å²) < 4.78 is 11.5. The van der Waals surface area contributed by atoms with Gasteiger partial charge in [0.1, 0.15) is 0 Å². The predicted octanol–water partition coefficient (Wildman–Crippen LogP) is 4.66. The van der Waals surface area contributed by atoms with Crippen molar-refractivity contribution in [2.24, 2.45) is 5.92 Å². The molecule has 2 aromatic carbocycles. The van der Waals surface area contributed by atoms with Crippen molar-refractivity contribution in [3.05, 3.63) is 77.1 Å². The number of ketones is 1. The van der Waals surface area contributed by atoms with Crippen molar-refractivity contribution in [3.8, 4) is 11.5 Å². The molecule has 1 unspecified atom stereocenters. The molecule has 0 aliphatic carbocycles. The highest BCUT2D eigenvalue weighted by atomic mass is 16.5. The second-order valence-corrected chi connectivity index (χ2v) is 9.52. The highest BCUT2D eigenvalue weighted by molar-refractivity contribution is 6.14. The Kier molecular flexibility index (Phi) is 9.31. The van der Waals surface area contributed by atoms with Crippen LogP contribution in [0.1, 0.15) is 37.4 Å². The molecule has 1 atom stereocenters. The van der Waals surface area contributed by atoms with Crippen LogP contribution in [0, 0.1) is 5.92 Å². The third kappa shape index (κ3) is 6.55. The Morgan fingerprint density at radius 3 is 2.50 bits per heavy atom. The normalized spacial score (nSPS) is 16.0. The van der Waals surface area contributed by atoms with Crippen LogP contribution in [-0.2, 0) is 9.59 Å². The van der Waals surface area contributed by atoms with Crippen molar-refractivity contribution in [3.63, 3.8) is 0 Å². The zero-order chi connectivity index (χ0) is 26.2. The highest BCUT2D eigenvalue weighted by Gasteiger charge is 2.43. The Balaban J connectivity index is 1.97. The number of aliphatic hydroxyl groups is 1. The first kappa shape index (κ1) is 27.0. The van der Waals surface area contributed by atoms with Crippen LogP contribution >= 0.6 is 0 Å². The van der Waals surface area contributed by atoms with Gasteiger partial charge in [-0.25, -0.2) is 0 Å². The largest absolute Gasteiger partial charge is 0.503 e. The number of amides is 1. The molecule has 1 amide bonds. The van der Waals surface area contributed by atoms with E-state index in [9.17, 15) is 14.7 Å². The van der Waals surface area contributed by atoms with E-state index in [4.69, 9.17) is 9.47 Å². The molecule has 7 nitrogen and oxygen atoms in total. The maximum absolute atomic E-state index is 13.3. The Labute approximate surface area is 213 Å². The molecule has 0 bridgehead atoms. The van der Waals surface area contributed by atoms with Crippen molar-refractivity contribution < 1.29 is 24.2 Å². The number of rotatable bonds is 12. The summed E-state index contributed by atoms with van der Waals surface area (Å²) in [5.74, 6) is 0.117. The summed E-state index contributed by atoms with van der Waals surface area (Å²) in [5, 5.41) is 10.8. The summed E-state index contributed by atoms with van der Waals surface area (Å²) in [6, 6.07) is 14.0. The molecule has 0 aromatic heterocycles. The second-order valence-electron chi connectivity index (χ2n) is 9.52. The van der Waals surface area contributed by atoms with Crippen LogP contribution in [0.4, 0.5) is 0 Å². The average molecular weight is 493 g/mol. The zero-order valence-corrected chi connectivity index (χ0v) is 21.7. The Morgan fingerprint density at radius 2 is 1.86 bits per heavy atom. The smallest absolute Gasteiger partial charge is 0.290 e. The molecule has 1 aliphatic rings. The molecule has 0 spiro atoms. The molecule has 7 heteroatoms. The van der Waals surface area contributed by atoms with Gasteiger partial charge in [-0.05, 0) is 55.8 Å². The Morgan fingerprint density at radius 1 is 1.14 bits per heavy atom. The fourth-order valence-electron chi connectivity index (χ4n) is 3.99. The first-order valence-corrected chi connectivity index (χ1v) is 12.2. The molecular weight excluding hydrogens is 456 g/mol. The van der Waals surface area contributed by atoms with E-state index in [1.165, 1.54) is 11.0 Å². The summed E-state index contributed by atoms with van der Waals surface area (Å²) in [6.45, 7) is 5.73. The van der Waals surface area contributed by atoms with E-state index in [0.29, 0.717) is 42.7 Å². The average Bonchev–Trinajstić information content (AvgIpc) is 3.11. The first-order chi connectivity index (χ1) is 17.2. The molecule has 1 N–H and O–H groups in total. The van der Waals surface area contributed by atoms with E-state index in [1.54, 1.807) is 25.3 Å². The van der Waals surface area contributed by atoms with Gasteiger partial charge >= 0.3 is 0 Å². The minimum Gasteiger partial charge on any atom is -0.503 e. The standard InChI is InChI=1S/C29H36N2O5/c1-20(2)15-18-36-24-14-12-22(19-25(24)35-5)27-26(23(32)13-11-21-9-7-6-8-10-21)28(33)29(34)31(27)17-16-30(3)4/h6-14,19-20,27,33H,15-18H2,1-5H3. The Hall–Kier alpha value is -3.58. The molecule has 0 saturated carbocycles. The minimum atomic E-state index is -0.746. The Bertz CT molecular complexity index is 1120. The second kappa shape index (κ2) is 12.4. The van der Waals surface area contributed by atoms with E-state index < -0.39 is 23.5 Å². The molecule has 0 fully saturated rings. The minimum absolute atomic E-state index is 0.0569. The van der Waals surface area contributed by atoms with Gasteiger partial charge in [0.15, 0.2) is 23.0 Å². The summed E-state index contributed by atoms with van der Waals surface area (Å²) in [7, 11) is 5.37. The van der Waals surface area contributed by atoms with E-state index in [0.717, 1.165) is 12.0 Å². The first-order valence-electron chi connectivity index (χ1n) is 12.2. The van der Waals surface area contributed by atoms with Crippen molar-refractivity contribution in [2.45, 2.75) is 26.3 Å². The molecule has 0 saturated heterocycles. The topological polar surface area (TPSA) is 79.3 Å². The number of benzene rings is 2. The fourth-order valence-corrected chi connectivity index (χ4v) is 3.99. The number of carbonyl (C=O) groups is 2. The monoisotopic (exact) mass is 492 g/mol. The van der Waals surface area contributed by atoms with Crippen LogP contribution in [0.3, 0.4) is 0 Å². The number of nitrogens with zero attached hydrogens (tertiary/aromatic N) is 2. The number of likely N-dealkylation sites (N-methyl/N-ethyl adjacent to an activating group) is 1. The van der Waals surface area contributed by atoms with Crippen molar-refractivity contribution in [1.29, 1.82) is 0 Å². The van der Waals surface area contributed by atoms with Gasteiger partial charge in [0.05, 0.1) is 25.3 Å². The van der Waals surface area contributed by atoms with Gasteiger partial charge in [0, 0.05) is 13.1 Å². The number of ether oxygens (including phenoxy) is 2. The lowest BCUT2D eigenvalue weighted by Gasteiger charge is -2.28. The van der Waals surface area contributed by atoms with E-state index in [1.807, 2.05) is 55.4 Å². The maximum Gasteiger partial charge on any atom is 0.290 e. The SMILES string of the molecule is COc1cc(C2C(C(=O)C=Cc3ccccc3)=C(O)C(=O)N2CCN(C)C)ccc1OCCC(C)C. The third-order valence-electron chi connectivity index (χ3n) is 6.04. The lowest BCUT2D eigenvalue weighted by molar-refractivity contribution is -0.129. The number of methoxy groups -OCH3 is 1. The maximum atomic E-state index is 13.3. The van der Waals surface area contributed by atoms with Crippen molar-refractivity contribution in [1.82, 2.24) is 9.80 Å². The number of carbonyl (C=O) groups excluding carboxylic acids is 2. The van der Waals surface area contributed by atoms with Gasteiger partial charge in [-0.15, -0.1) is 0 Å². The number of allylic oxidation sites excluding steroid dienone is 1. The fraction of sp³-hybridized carbons (Fsp3) is 0.379. The summed E-state index contributed by atoms with van der Waals surface area (Å²) in [4.78, 5) is 29.9. The van der Waals surface area contributed by atoms with Gasteiger partial charge in [0.25, 0.3) is 5.91 Å². The molecule has 0 radical (unpaired) electrons. The molecule has 2 aromatic rings. The molecule has 36 heavy (non-hydrogen) atoms. The predicted molar refractivity (Wildman–Crippen MR) is 141 cm³/mol. The van der Waals surface area contributed by atoms with Crippen LogP contribution in [0.25, 0.3) is 6.08 Å². The van der Waals surface area contributed by atoms with Crippen LogP contribution < -0.4 is 9.47 Å². The molecule has 1 heterocycles. The van der Waals surface area contributed by atoms with E-state index >= 15 is 0 Å². The van der Waals surface area contributed by atoms with Crippen LogP contribution in [0.15, 0.2) is 65.9 Å². The summed E-state index contributed by atoms with van der Waals surface area (Å²) >= 11 is 0. The molecule has 1 aliphatic heterocycles. The van der Waals surface area contributed by atoms with Gasteiger partial charge in [0.2, 0.25) is 0 Å². The zero-order valence-electron chi connectivity index (χ0n) is 21.7. The molecule has 3 rings (SSSR count). The number of hydrogen-bond donors (Lipinski definition) is 1. The lowest BCUT2D eigenvalue weighted by atomic mass is 9.95. The number of aliphatic hydroxyl groups excluding tert-OH is 1. The van der Waals surface area contributed by atoms with Gasteiger partial charge in [-0.1, -0.05) is 56.3 Å². The van der Waals surface area contributed by atoms with Gasteiger partial charge in [-0.2, -0.15) is 0 Å². The lowest BCUT2D eigenvalue weighted by Crippen LogP contribution is -2.36. The summed E-state index contributed by atoms with van der Waals surface area (Å²) in [6.07, 6.45) is 3.99. The van der Waals surface area contributed by atoms with Crippen LogP contribution in [-0.4, -0.2) is 67.5 Å². The van der Waals surface area contributed by atoms with Crippen molar-refractivity contribution in [2.75, 3.05) is 40.9 Å².